The van der Waals surface area contributed by atoms with E-state index in [1.165, 1.54) is 21.7 Å². The second kappa shape index (κ2) is 17.1. The summed E-state index contributed by atoms with van der Waals surface area (Å²) in [5.74, 6) is -58.3. The lowest BCUT2D eigenvalue weighted by Gasteiger charge is -2.45. The maximum Gasteiger partial charge on any atom is 0.460 e. The Kier molecular flexibility index (Phi) is 13.1. The molecule has 4 atom stereocenters. The van der Waals surface area contributed by atoms with E-state index in [0.717, 1.165) is 56.2 Å². The van der Waals surface area contributed by atoms with E-state index in [2.05, 4.69) is 26.5 Å². The van der Waals surface area contributed by atoms with Gasteiger partial charge in [-0.15, -0.1) is 0 Å². The fraction of sp³-hybridized carbons (Fsp3) is 0.711. The smallest absolute Gasteiger partial charge is 0.460 e. The molecule has 354 valence electrons. The molecular formula is C38H40F17N5O3. The van der Waals surface area contributed by atoms with Gasteiger partial charge in [0, 0.05) is 43.1 Å². The molecule has 0 amide bonds. The minimum absolute atomic E-state index is 0.0403. The number of anilines is 1. The van der Waals surface area contributed by atoms with E-state index in [-0.39, 0.29) is 36.9 Å². The minimum Gasteiger partial charge on any atom is -0.464 e. The molecule has 0 radical (unpaired) electrons. The number of fused-ring (bicyclic) bond motifs is 8. The van der Waals surface area contributed by atoms with Gasteiger partial charge in [0.05, 0.1) is 30.9 Å². The summed E-state index contributed by atoms with van der Waals surface area (Å²) in [5.41, 5.74) is 3.74. The van der Waals surface area contributed by atoms with E-state index < -0.39 is 73.2 Å². The van der Waals surface area contributed by atoms with Gasteiger partial charge in [0.25, 0.3) is 0 Å². The Hall–Kier alpha value is -4.06. The van der Waals surface area contributed by atoms with Crippen molar-refractivity contribution in [2.75, 3.05) is 38.2 Å². The number of carbonyl (C=O) groups excluding carboxylic acids is 1. The van der Waals surface area contributed by atoms with Gasteiger partial charge in [-0.05, 0) is 62.5 Å². The average Bonchev–Trinajstić information content (AvgIpc) is 3.20. The summed E-state index contributed by atoms with van der Waals surface area (Å²) < 4.78 is 244. The lowest BCUT2D eigenvalue weighted by Crippen LogP contribution is -2.74. The number of halogens is 17. The van der Waals surface area contributed by atoms with Crippen LogP contribution in [0.4, 0.5) is 80.3 Å². The number of rotatable bonds is 11. The summed E-state index contributed by atoms with van der Waals surface area (Å²) in [7, 11) is 0. The van der Waals surface area contributed by atoms with Gasteiger partial charge in [-0.3, -0.25) is 9.80 Å². The van der Waals surface area contributed by atoms with Crippen LogP contribution in [0.2, 0.25) is 0 Å². The van der Waals surface area contributed by atoms with E-state index in [9.17, 15) is 79.4 Å². The summed E-state index contributed by atoms with van der Waals surface area (Å²) in [6.07, 6.45) is 0.0167. The molecule has 1 aliphatic carbocycles. The third-order valence-electron chi connectivity index (χ3n) is 11.9. The molecule has 25 heteroatoms. The molecule has 1 fully saturated rings. The third kappa shape index (κ3) is 8.63. The number of ether oxygens (including phenoxy) is 2. The molecule has 7 bridgehead atoms. The highest BCUT2D eigenvalue weighted by Crippen LogP contribution is 2.64. The molecular weight excluding hydrogens is 897 g/mol. The molecule has 0 spiro atoms. The average molecular weight is 938 g/mol. The Morgan fingerprint density at radius 2 is 1.44 bits per heavy atom. The van der Waals surface area contributed by atoms with Crippen LogP contribution in [0.15, 0.2) is 52.1 Å². The molecule has 1 N–H and O–H groups in total. The zero-order chi connectivity index (χ0) is 46.6. The van der Waals surface area contributed by atoms with Gasteiger partial charge < -0.3 is 19.7 Å². The fourth-order valence-electron chi connectivity index (χ4n) is 8.43. The number of hydrogen-bond donors (Lipinski definition) is 1. The first-order valence-corrected chi connectivity index (χ1v) is 19.8. The van der Waals surface area contributed by atoms with Gasteiger partial charge in [-0.1, -0.05) is 35.4 Å². The van der Waals surface area contributed by atoms with Gasteiger partial charge in [0.1, 0.15) is 13.1 Å². The number of alkyl halides is 17. The van der Waals surface area contributed by atoms with Crippen molar-refractivity contribution in [2.24, 2.45) is 22.2 Å². The van der Waals surface area contributed by atoms with Crippen LogP contribution in [0.1, 0.15) is 75.0 Å². The summed E-state index contributed by atoms with van der Waals surface area (Å²) in [6.45, 7) is -2.30. The summed E-state index contributed by atoms with van der Waals surface area (Å²) >= 11 is 0. The van der Waals surface area contributed by atoms with Gasteiger partial charge in [-0.2, -0.15) is 79.8 Å². The maximum atomic E-state index is 14.6. The molecule has 4 heterocycles. The van der Waals surface area contributed by atoms with Crippen LogP contribution in [0.25, 0.3) is 0 Å². The van der Waals surface area contributed by atoms with Gasteiger partial charge in [0.15, 0.2) is 0 Å². The highest BCUT2D eigenvalue weighted by molar-refractivity contribution is 5.72. The predicted molar refractivity (Wildman–Crippen MR) is 186 cm³/mol. The number of allylic oxidation sites excluding steroid dienone is 1. The SMILES string of the molecule is O=C(CN1Cc2ccc3c(c2)N[C@H](C2=CC(CCCCN4C=C1CN=N4)CCC2)[C@H]1CCCO[C@@H]31)OCCC(F)(F)C(F)(F)C(F)(F)C(F)(F)C(F)(F)C(F)(F)C(F)(F)C(F)(F)F. The van der Waals surface area contributed by atoms with E-state index in [4.69, 9.17) is 4.74 Å². The molecule has 1 unspecified atom stereocenters. The normalized spacial score (nSPS) is 24.5. The highest BCUT2D eigenvalue weighted by Gasteiger charge is 2.95. The van der Waals surface area contributed by atoms with Crippen LogP contribution in [-0.4, -0.2) is 102 Å². The van der Waals surface area contributed by atoms with Gasteiger partial charge >= 0.3 is 53.6 Å². The molecule has 5 aliphatic rings. The molecule has 0 aromatic heterocycles. The van der Waals surface area contributed by atoms with Crippen molar-refractivity contribution < 1.29 is 88.9 Å². The van der Waals surface area contributed by atoms with Crippen molar-refractivity contribution in [3.8, 4) is 0 Å². The third-order valence-corrected chi connectivity index (χ3v) is 11.9. The highest BCUT2D eigenvalue weighted by atomic mass is 19.4. The largest absolute Gasteiger partial charge is 0.464 e. The van der Waals surface area contributed by atoms with Crippen molar-refractivity contribution in [3.63, 3.8) is 0 Å². The second-order valence-corrected chi connectivity index (χ2v) is 16.2. The summed E-state index contributed by atoms with van der Waals surface area (Å²) in [5, 5.41) is 13.3. The molecule has 63 heavy (non-hydrogen) atoms. The van der Waals surface area contributed by atoms with E-state index in [0.29, 0.717) is 31.1 Å². The topological polar surface area (TPSA) is 78.8 Å². The monoisotopic (exact) mass is 937 g/mol. The molecule has 1 aromatic carbocycles. The van der Waals surface area contributed by atoms with Crippen LogP contribution in [0.3, 0.4) is 0 Å². The van der Waals surface area contributed by atoms with Crippen LogP contribution in [0.5, 0.6) is 0 Å². The first-order chi connectivity index (χ1) is 29.1. The number of benzene rings is 1. The maximum absolute atomic E-state index is 14.6. The Morgan fingerprint density at radius 3 is 2.13 bits per heavy atom. The zero-order valence-electron chi connectivity index (χ0n) is 32.7. The van der Waals surface area contributed by atoms with Crippen molar-refractivity contribution in [1.82, 2.24) is 9.91 Å². The second-order valence-electron chi connectivity index (χ2n) is 16.2. The van der Waals surface area contributed by atoms with E-state index in [1.54, 1.807) is 12.1 Å². The molecule has 6 rings (SSSR count). The van der Waals surface area contributed by atoms with Crippen LogP contribution < -0.4 is 5.32 Å². The summed E-state index contributed by atoms with van der Waals surface area (Å²) in [4.78, 5) is 14.4. The molecule has 0 saturated carbocycles. The standard InChI is InChI=1S/C38H40F17N5O3/c39-31(40,32(41,42)33(43,44)34(45,46)35(47,48)36(49,50)37(51,52)38(53,54)55)11-14-62-28(61)20-59-18-22-9-10-25-27(16-22)57-29(26-8-4-13-63-30(25)26)23-7-3-6-21(15-23)5-1-2-12-60-19-24(59)17-56-58-60/h9-10,15-16,19,21,26,29-30,57H,1-8,11-14,17-18,20H2/t21?,26-,29-,30+/m1/s1. The lowest BCUT2D eigenvalue weighted by molar-refractivity contribution is -0.461. The van der Waals surface area contributed by atoms with Crippen molar-refractivity contribution >= 4 is 11.7 Å². The molecule has 8 nitrogen and oxygen atoms in total. The van der Waals surface area contributed by atoms with Crippen LogP contribution >= 0.6 is 0 Å². The first kappa shape index (κ1) is 48.4. The first-order valence-electron chi connectivity index (χ1n) is 19.8. The van der Waals surface area contributed by atoms with Crippen molar-refractivity contribution in [2.45, 2.75) is 124 Å². The molecule has 1 saturated heterocycles. The minimum atomic E-state index is -8.73. The zero-order valence-corrected chi connectivity index (χ0v) is 32.7. The van der Waals surface area contributed by atoms with Crippen LogP contribution in [-0.2, 0) is 20.8 Å². The van der Waals surface area contributed by atoms with Gasteiger partial charge in [-0.25, -0.2) is 0 Å². The summed E-state index contributed by atoms with van der Waals surface area (Å²) in [6, 6.07) is 5.32. The fourth-order valence-corrected chi connectivity index (χ4v) is 8.43. The van der Waals surface area contributed by atoms with Gasteiger partial charge in [0.2, 0.25) is 0 Å². The number of hydrogen-bond acceptors (Lipinski definition) is 8. The predicted octanol–water partition coefficient (Wildman–Crippen LogP) is 11.1. The Morgan fingerprint density at radius 1 is 0.794 bits per heavy atom. The Labute approximate surface area is 347 Å². The Balaban J connectivity index is 1.20. The number of nitrogens with one attached hydrogen (secondary N) is 1. The van der Waals surface area contributed by atoms with E-state index >= 15 is 0 Å². The van der Waals surface area contributed by atoms with Crippen molar-refractivity contribution in [1.29, 1.82) is 0 Å². The number of esters is 1. The molecule has 4 aliphatic heterocycles. The lowest BCUT2D eigenvalue weighted by atomic mass is 9.73. The number of carbonyl (C=O) groups is 1. The number of nitrogens with zero attached hydrogens (tertiary/aromatic N) is 4. The van der Waals surface area contributed by atoms with Crippen molar-refractivity contribution in [3.05, 3.63) is 52.9 Å². The Bertz CT molecular complexity index is 1940. The molecule has 1 aromatic rings. The van der Waals surface area contributed by atoms with Crippen LogP contribution in [0, 0.1) is 11.8 Å². The quantitative estimate of drug-likeness (QED) is 0.135. The van der Waals surface area contributed by atoms with E-state index in [1.807, 2.05) is 6.07 Å².